The zero-order chi connectivity index (χ0) is 13.5. The topological polar surface area (TPSA) is 36.4 Å². The number of hydrogen-bond acceptors (Lipinski definition) is 3. The summed E-state index contributed by atoms with van der Waals surface area (Å²) in [5.41, 5.74) is 0.813. The number of halogens is 1. The highest BCUT2D eigenvalue weighted by Crippen LogP contribution is 2.40. The standard InChI is InChI=1S/C15H21BrN2O/c1-11-8-14(17-9-13(11)16)18-7-6-15(19)5-3-2-4-12(15)10-18/h8-9,12,19H,2-7,10H2,1H3. The lowest BCUT2D eigenvalue weighted by molar-refractivity contribution is -0.0613. The van der Waals surface area contributed by atoms with Gasteiger partial charge in [0.25, 0.3) is 0 Å². The van der Waals surface area contributed by atoms with E-state index in [9.17, 15) is 5.11 Å². The number of fused-ring (bicyclic) bond motifs is 1. The summed E-state index contributed by atoms with van der Waals surface area (Å²) in [7, 11) is 0. The summed E-state index contributed by atoms with van der Waals surface area (Å²) in [5, 5.41) is 10.7. The number of nitrogens with zero attached hydrogens (tertiary/aromatic N) is 2. The van der Waals surface area contributed by atoms with Gasteiger partial charge in [0, 0.05) is 29.7 Å². The molecule has 1 aromatic rings. The van der Waals surface area contributed by atoms with Gasteiger partial charge >= 0.3 is 0 Å². The van der Waals surface area contributed by atoms with Crippen LogP contribution in [0.15, 0.2) is 16.7 Å². The Morgan fingerprint density at radius 1 is 1.42 bits per heavy atom. The van der Waals surface area contributed by atoms with Crippen molar-refractivity contribution < 1.29 is 5.11 Å². The highest BCUT2D eigenvalue weighted by Gasteiger charge is 2.42. The van der Waals surface area contributed by atoms with E-state index in [1.54, 1.807) is 0 Å². The first-order chi connectivity index (χ1) is 9.08. The fourth-order valence-electron chi connectivity index (χ4n) is 3.48. The maximum Gasteiger partial charge on any atom is 0.128 e. The second-order valence-corrected chi connectivity index (χ2v) is 6.89. The predicted octanol–water partition coefficient (Wildman–Crippen LogP) is 3.28. The molecule has 0 spiro atoms. The first kappa shape index (κ1) is 13.4. The summed E-state index contributed by atoms with van der Waals surface area (Å²) in [6, 6.07) is 2.14. The van der Waals surface area contributed by atoms with Gasteiger partial charge in [0.05, 0.1) is 5.60 Å². The van der Waals surface area contributed by atoms with Gasteiger partial charge in [-0.05, 0) is 53.7 Å². The zero-order valence-corrected chi connectivity index (χ0v) is 13.0. The smallest absolute Gasteiger partial charge is 0.128 e. The second-order valence-electron chi connectivity index (χ2n) is 6.03. The van der Waals surface area contributed by atoms with Crippen molar-refractivity contribution in [2.75, 3.05) is 18.0 Å². The minimum Gasteiger partial charge on any atom is -0.389 e. The molecule has 19 heavy (non-hydrogen) atoms. The van der Waals surface area contributed by atoms with Crippen LogP contribution in [0, 0.1) is 12.8 Å². The van der Waals surface area contributed by atoms with E-state index in [4.69, 9.17) is 0 Å². The lowest BCUT2D eigenvalue weighted by Gasteiger charge is -2.47. The Hall–Kier alpha value is -0.610. The van der Waals surface area contributed by atoms with Crippen molar-refractivity contribution in [3.63, 3.8) is 0 Å². The predicted molar refractivity (Wildman–Crippen MR) is 80.4 cm³/mol. The molecule has 1 saturated carbocycles. The van der Waals surface area contributed by atoms with Crippen molar-refractivity contribution in [1.29, 1.82) is 0 Å². The Balaban J connectivity index is 1.78. The number of pyridine rings is 1. The van der Waals surface area contributed by atoms with Crippen LogP contribution in [0.5, 0.6) is 0 Å². The largest absolute Gasteiger partial charge is 0.389 e. The third kappa shape index (κ3) is 2.52. The average molecular weight is 325 g/mol. The number of piperidine rings is 1. The van der Waals surface area contributed by atoms with Crippen LogP contribution >= 0.6 is 15.9 Å². The Labute approximate surface area is 123 Å². The second kappa shape index (κ2) is 5.06. The van der Waals surface area contributed by atoms with Crippen molar-refractivity contribution >= 4 is 21.7 Å². The summed E-state index contributed by atoms with van der Waals surface area (Å²) in [6.07, 6.45) is 7.35. The van der Waals surface area contributed by atoms with Gasteiger partial charge in [0.2, 0.25) is 0 Å². The number of aryl methyl sites for hydroxylation is 1. The molecule has 3 rings (SSSR count). The SMILES string of the molecule is Cc1cc(N2CCC3(O)CCCCC3C2)ncc1Br. The number of hydrogen-bond donors (Lipinski definition) is 1. The van der Waals surface area contributed by atoms with Gasteiger partial charge < -0.3 is 10.0 Å². The van der Waals surface area contributed by atoms with E-state index in [-0.39, 0.29) is 0 Å². The van der Waals surface area contributed by atoms with Gasteiger partial charge in [-0.1, -0.05) is 12.8 Å². The Bertz CT molecular complexity index is 479. The molecule has 4 heteroatoms. The Kier molecular flexibility index (Phi) is 3.56. The van der Waals surface area contributed by atoms with Crippen LogP contribution in [0.3, 0.4) is 0 Å². The molecule has 1 aliphatic heterocycles. The maximum atomic E-state index is 10.7. The summed E-state index contributed by atoms with van der Waals surface area (Å²) in [6.45, 7) is 3.96. The fraction of sp³-hybridized carbons (Fsp3) is 0.667. The molecule has 2 atom stereocenters. The van der Waals surface area contributed by atoms with E-state index >= 15 is 0 Å². The first-order valence-electron chi connectivity index (χ1n) is 7.18. The average Bonchev–Trinajstić information content (AvgIpc) is 2.41. The maximum absolute atomic E-state index is 10.7. The Morgan fingerprint density at radius 3 is 3.05 bits per heavy atom. The van der Waals surface area contributed by atoms with Crippen LogP contribution in [0.1, 0.15) is 37.7 Å². The van der Waals surface area contributed by atoms with Crippen LogP contribution < -0.4 is 4.90 Å². The highest BCUT2D eigenvalue weighted by molar-refractivity contribution is 9.10. The molecule has 0 radical (unpaired) electrons. The molecule has 1 aromatic heterocycles. The van der Waals surface area contributed by atoms with Gasteiger partial charge in [0.15, 0.2) is 0 Å². The lowest BCUT2D eigenvalue weighted by Crippen LogP contribution is -2.53. The molecule has 1 saturated heterocycles. The molecule has 3 nitrogen and oxygen atoms in total. The molecule has 2 aliphatic rings. The molecule has 1 N–H and O–H groups in total. The summed E-state index contributed by atoms with van der Waals surface area (Å²) in [4.78, 5) is 6.86. The summed E-state index contributed by atoms with van der Waals surface area (Å²) in [5.74, 6) is 1.47. The third-order valence-corrected chi connectivity index (χ3v) is 5.61. The summed E-state index contributed by atoms with van der Waals surface area (Å²) >= 11 is 3.50. The number of rotatable bonds is 1. The van der Waals surface area contributed by atoms with E-state index in [0.29, 0.717) is 5.92 Å². The molecule has 2 unspecified atom stereocenters. The van der Waals surface area contributed by atoms with Crippen LogP contribution in [0.4, 0.5) is 5.82 Å². The third-order valence-electron chi connectivity index (χ3n) is 4.78. The monoisotopic (exact) mass is 324 g/mol. The molecule has 0 amide bonds. The van der Waals surface area contributed by atoms with E-state index in [1.807, 2.05) is 6.20 Å². The van der Waals surface area contributed by atoms with E-state index in [0.717, 1.165) is 42.6 Å². The molecule has 2 fully saturated rings. The van der Waals surface area contributed by atoms with Gasteiger partial charge in [-0.3, -0.25) is 0 Å². The van der Waals surface area contributed by atoms with Crippen molar-refractivity contribution in [2.24, 2.45) is 5.92 Å². The van der Waals surface area contributed by atoms with Crippen molar-refractivity contribution in [2.45, 2.75) is 44.6 Å². The molecule has 0 bridgehead atoms. The summed E-state index contributed by atoms with van der Waals surface area (Å²) < 4.78 is 1.06. The molecule has 2 heterocycles. The quantitative estimate of drug-likeness (QED) is 0.861. The lowest BCUT2D eigenvalue weighted by atomic mass is 9.71. The minimum atomic E-state index is -0.404. The van der Waals surface area contributed by atoms with E-state index < -0.39 is 5.60 Å². The molecule has 104 valence electrons. The van der Waals surface area contributed by atoms with E-state index in [2.05, 4.69) is 38.8 Å². The first-order valence-corrected chi connectivity index (χ1v) is 7.97. The zero-order valence-electron chi connectivity index (χ0n) is 11.4. The Morgan fingerprint density at radius 2 is 2.26 bits per heavy atom. The van der Waals surface area contributed by atoms with Gasteiger partial charge in [-0.25, -0.2) is 4.98 Å². The van der Waals surface area contributed by atoms with Crippen molar-refractivity contribution in [3.8, 4) is 0 Å². The van der Waals surface area contributed by atoms with Crippen LogP contribution in [0.25, 0.3) is 0 Å². The molecular formula is C15H21BrN2O. The minimum absolute atomic E-state index is 0.404. The molecule has 0 aromatic carbocycles. The normalized spacial score (nSPS) is 31.1. The van der Waals surface area contributed by atoms with Crippen molar-refractivity contribution in [1.82, 2.24) is 4.98 Å². The number of aliphatic hydroxyl groups is 1. The van der Waals surface area contributed by atoms with Crippen LogP contribution in [0.2, 0.25) is 0 Å². The number of anilines is 1. The van der Waals surface area contributed by atoms with E-state index in [1.165, 1.54) is 18.4 Å². The highest BCUT2D eigenvalue weighted by atomic mass is 79.9. The van der Waals surface area contributed by atoms with Gasteiger partial charge in [0.1, 0.15) is 5.82 Å². The molecule has 1 aliphatic carbocycles. The molecular weight excluding hydrogens is 304 g/mol. The van der Waals surface area contributed by atoms with Crippen molar-refractivity contribution in [3.05, 3.63) is 22.3 Å². The van der Waals surface area contributed by atoms with Gasteiger partial charge in [-0.15, -0.1) is 0 Å². The fourth-order valence-corrected chi connectivity index (χ4v) is 3.69. The van der Waals surface area contributed by atoms with Gasteiger partial charge in [-0.2, -0.15) is 0 Å². The number of aromatic nitrogens is 1. The van der Waals surface area contributed by atoms with Crippen LogP contribution in [-0.2, 0) is 0 Å². The van der Waals surface area contributed by atoms with Crippen LogP contribution in [-0.4, -0.2) is 28.8 Å².